The summed E-state index contributed by atoms with van der Waals surface area (Å²) in [7, 11) is 0. The molecule has 0 fully saturated rings. The van der Waals surface area contributed by atoms with Crippen LogP contribution in [0.4, 0.5) is 0 Å². The Morgan fingerprint density at radius 2 is 2.15 bits per heavy atom. The van der Waals surface area contributed by atoms with Crippen LogP contribution >= 0.6 is 0 Å². The fraction of sp³-hybridized carbons (Fsp3) is 0.750. The van der Waals surface area contributed by atoms with Crippen LogP contribution in [0.2, 0.25) is 0 Å². The minimum Gasteiger partial charge on any atom is -0.313 e. The van der Waals surface area contributed by atoms with E-state index in [9.17, 15) is 0 Å². The van der Waals surface area contributed by atoms with Gasteiger partial charge >= 0.3 is 0 Å². The molecule has 2 rings (SSSR count). The van der Waals surface area contributed by atoms with Crippen LogP contribution in [0.5, 0.6) is 0 Å². The Morgan fingerprint density at radius 1 is 1.30 bits per heavy atom. The first-order valence-corrected chi connectivity index (χ1v) is 8.00. The molecule has 1 aromatic heterocycles. The van der Waals surface area contributed by atoms with Crippen LogP contribution < -0.4 is 5.32 Å². The molecule has 0 bridgehead atoms. The van der Waals surface area contributed by atoms with E-state index in [1.54, 1.807) is 11.9 Å². The molecule has 0 saturated carbocycles. The van der Waals surface area contributed by atoms with Crippen molar-refractivity contribution in [1.29, 1.82) is 0 Å². The molecule has 0 aromatic carbocycles. The molecule has 1 N–H and O–H groups in total. The molecule has 0 spiro atoms. The van der Waals surface area contributed by atoms with Crippen molar-refractivity contribution in [1.82, 2.24) is 20.1 Å². The summed E-state index contributed by atoms with van der Waals surface area (Å²) in [5.74, 6) is 1.10. The molecule has 0 amide bonds. The van der Waals surface area contributed by atoms with Gasteiger partial charge in [0.05, 0.1) is 0 Å². The van der Waals surface area contributed by atoms with Crippen molar-refractivity contribution < 1.29 is 0 Å². The van der Waals surface area contributed by atoms with E-state index < -0.39 is 0 Å². The van der Waals surface area contributed by atoms with Gasteiger partial charge in [0, 0.05) is 18.5 Å². The Kier molecular flexibility index (Phi) is 5.77. The van der Waals surface area contributed by atoms with Crippen LogP contribution in [0, 0.1) is 0 Å². The number of hydrogen-bond acceptors (Lipinski definition) is 3. The molecule has 0 aliphatic heterocycles. The lowest BCUT2D eigenvalue weighted by Crippen LogP contribution is -2.33. The first-order valence-electron chi connectivity index (χ1n) is 8.00. The van der Waals surface area contributed by atoms with E-state index >= 15 is 0 Å². The average molecular weight is 276 g/mol. The maximum atomic E-state index is 4.44. The predicted octanol–water partition coefficient (Wildman–Crippen LogP) is 3.27. The lowest BCUT2D eigenvalue weighted by Gasteiger charge is -2.22. The van der Waals surface area contributed by atoms with E-state index in [4.69, 9.17) is 0 Å². The molecule has 1 heterocycles. The van der Waals surface area contributed by atoms with Crippen LogP contribution in [0.15, 0.2) is 18.0 Å². The fourth-order valence-corrected chi connectivity index (χ4v) is 2.98. The molecule has 0 saturated heterocycles. The van der Waals surface area contributed by atoms with E-state index in [1.807, 2.05) is 4.68 Å². The van der Waals surface area contributed by atoms with E-state index in [0.717, 1.165) is 25.2 Å². The van der Waals surface area contributed by atoms with E-state index in [0.29, 0.717) is 12.1 Å². The van der Waals surface area contributed by atoms with Crippen molar-refractivity contribution in [2.45, 2.75) is 71.4 Å². The first-order chi connectivity index (χ1) is 9.70. The van der Waals surface area contributed by atoms with Gasteiger partial charge in [-0.15, -0.1) is 0 Å². The highest BCUT2D eigenvalue weighted by Crippen LogP contribution is 2.22. The van der Waals surface area contributed by atoms with Gasteiger partial charge < -0.3 is 5.32 Å². The normalized spacial score (nSPS) is 17.3. The largest absolute Gasteiger partial charge is 0.313 e. The van der Waals surface area contributed by atoms with Gasteiger partial charge in [-0.3, -0.25) is 0 Å². The van der Waals surface area contributed by atoms with Gasteiger partial charge in [0.2, 0.25) is 0 Å². The van der Waals surface area contributed by atoms with Crippen molar-refractivity contribution in [3.05, 3.63) is 23.8 Å². The number of likely N-dealkylation sites (N-methyl/N-ethyl adjacent to an activating group) is 1. The van der Waals surface area contributed by atoms with E-state index in [-0.39, 0.29) is 0 Å². The second-order valence-electron chi connectivity index (χ2n) is 5.99. The van der Waals surface area contributed by atoms with Gasteiger partial charge in [-0.25, -0.2) is 9.67 Å². The molecule has 1 aliphatic carbocycles. The predicted molar refractivity (Wildman–Crippen MR) is 82.7 cm³/mol. The number of allylic oxidation sites excluding steroid dienone is 1. The monoisotopic (exact) mass is 276 g/mol. The van der Waals surface area contributed by atoms with Gasteiger partial charge in [0.25, 0.3) is 0 Å². The van der Waals surface area contributed by atoms with E-state index in [1.165, 1.54) is 25.7 Å². The summed E-state index contributed by atoms with van der Waals surface area (Å²) >= 11 is 0. The minimum absolute atomic E-state index is 0.378. The van der Waals surface area contributed by atoms with Crippen LogP contribution in [0.1, 0.15) is 64.7 Å². The zero-order chi connectivity index (χ0) is 14.4. The zero-order valence-electron chi connectivity index (χ0n) is 13.1. The molecular weight excluding hydrogens is 248 g/mol. The maximum Gasteiger partial charge on any atom is 0.138 e. The Balaban J connectivity index is 2.01. The third kappa shape index (κ3) is 4.17. The van der Waals surface area contributed by atoms with Gasteiger partial charge in [-0.05, 0) is 52.5 Å². The minimum atomic E-state index is 0.378. The SMILES string of the molecule is CCNC(CC1=CCCCC1)Cc1ncnn1C(C)C. The lowest BCUT2D eigenvalue weighted by molar-refractivity contribution is 0.453. The van der Waals surface area contributed by atoms with Crippen LogP contribution in [-0.2, 0) is 6.42 Å². The van der Waals surface area contributed by atoms with E-state index in [2.05, 4.69) is 42.2 Å². The average Bonchev–Trinajstić information content (AvgIpc) is 2.88. The zero-order valence-corrected chi connectivity index (χ0v) is 13.1. The number of nitrogens with zero attached hydrogens (tertiary/aromatic N) is 3. The summed E-state index contributed by atoms with van der Waals surface area (Å²) < 4.78 is 2.04. The second kappa shape index (κ2) is 7.58. The summed E-state index contributed by atoms with van der Waals surface area (Å²) in [6.07, 6.45) is 11.5. The second-order valence-corrected chi connectivity index (χ2v) is 5.99. The third-order valence-electron chi connectivity index (χ3n) is 3.95. The van der Waals surface area contributed by atoms with Crippen molar-refractivity contribution in [3.8, 4) is 0 Å². The summed E-state index contributed by atoms with van der Waals surface area (Å²) in [6, 6.07) is 0.856. The maximum absolute atomic E-state index is 4.44. The lowest BCUT2D eigenvalue weighted by atomic mass is 9.93. The number of aromatic nitrogens is 3. The van der Waals surface area contributed by atoms with Gasteiger partial charge in [-0.2, -0.15) is 5.10 Å². The first kappa shape index (κ1) is 15.2. The van der Waals surface area contributed by atoms with Crippen molar-refractivity contribution >= 4 is 0 Å². The molecule has 1 aliphatic rings. The number of nitrogens with one attached hydrogen (secondary N) is 1. The standard InChI is InChI=1S/C16H28N4/c1-4-17-15(10-14-8-6-5-7-9-14)11-16-18-12-19-20(16)13(2)3/h8,12-13,15,17H,4-7,9-11H2,1-3H3. The van der Waals surface area contributed by atoms with Crippen LogP contribution in [-0.4, -0.2) is 27.4 Å². The Bertz CT molecular complexity index is 433. The Morgan fingerprint density at radius 3 is 2.80 bits per heavy atom. The van der Waals surface area contributed by atoms with Gasteiger partial charge in [0.15, 0.2) is 0 Å². The molecule has 112 valence electrons. The third-order valence-corrected chi connectivity index (χ3v) is 3.95. The van der Waals surface area contributed by atoms with Crippen molar-refractivity contribution in [2.24, 2.45) is 0 Å². The molecular formula is C16H28N4. The van der Waals surface area contributed by atoms with Crippen LogP contribution in [0.3, 0.4) is 0 Å². The summed E-state index contributed by atoms with van der Waals surface area (Å²) in [6.45, 7) is 7.50. The molecule has 4 heteroatoms. The van der Waals surface area contributed by atoms with Crippen molar-refractivity contribution in [2.75, 3.05) is 6.54 Å². The number of rotatable bonds is 7. The summed E-state index contributed by atoms with van der Waals surface area (Å²) in [4.78, 5) is 4.44. The summed E-state index contributed by atoms with van der Waals surface area (Å²) in [5, 5.41) is 7.95. The smallest absolute Gasteiger partial charge is 0.138 e. The molecule has 1 atom stereocenters. The highest BCUT2D eigenvalue weighted by Gasteiger charge is 2.16. The molecule has 1 aromatic rings. The van der Waals surface area contributed by atoms with Gasteiger partial charge in [0.1, 0.15) is 12.2 Å². The van der Waals surface area contributed by atoms with Crippen molar-refractivity contribution in [3.63, 3.8) is 0 Å². The molecule has 0 radical (unpaired) electrons. The molecule has 20 heavy (non-hydrogen) atoms. The quantitative estimate of drug-likeness (QED) is 0.777. The Labute approximate surface area is 122 Å². The topological polar surface area (TPSA) is 42.7 Å². The van der Waals surface area contributed by atoms with Crippen LogP contribution in [0.25, 0.3) is 0 Å². The Hall–Kier alpha value is -1.16. The highest BCUT2D eigenvalue weighted by atomic mass is 15.3. The summed E-state index contributed by atoms with van der Waals surface area (Å²) in [5.41, 5.74) is 1.62. The molecule has 1 unspecified atom stereocenters. The number of hydrogen-bond donors (Lipinski definition) is 1. The molecule has 4 nitrogen and oxygen atoms in total. The highest BCUT2D eigenvalue weighted by molar-refractivity contribution is 5.08. The van der Waals surface area contributed by atoms with Gasteiger partial charge in [-0.1, -0.05) is 18.6 Å². The fourth-order valence-electron chi connectivity index (χ4n) is 2.98.